The van der Waals surface area contributed by atoms with Gasteiger partial charge in [-0.15, -0.1) is 0 Å². The van der Waals surface area contributed by atoms with E-state index in [1.165, 1.54) is 5.56 Å². The van der Waals surface area contributed by atoms with Gasteiger partial charge in [-0.05, 0) is 12.6 Å². The van der Waals surface area contributed by atoms with Crippen molar-refractivity contribution in [1.29, 1.82) is 0 Å². The fraction of sp³-hybridized carbons (Fsp3) is 0.500. The molecule has 0 radical (unpaired) electrons. The van der Waals surface area contributed by atoms with Crippen molar-refractivity contribution in [1.82, 2.24) is 20.1 Å². The minimum Gasteiger partial charge on any atom is -0.437 e. The van der Waals surface area contributed by atoms with Crippen LogP contribution in [0.4, 0.5) is 0 Å². The van der Waals surface area contributed by atoms with Gasteiger partial charge >= 0.3 is 5.91 Å². The summed E-state index contributed by atoms with van der Waals surface area (Å²) in [4.78, 5) is 21.4. The number of ether oxygens (including phenoxy) is 1. The summed E-state index contributed by atoms with van der Waals surface area (Å²) in [5, 5.41) is 2.89. The van der Waals surface area contributed by atoms with Crippen molar-refractivity contribution < 1.29 is 13.9 Å². The number of hydrogen-bond acceptors (Lipinski definition) is 6. The van der Waals surface area contributed by atoms with Crippen LogP contribution in [0.15, 0.2) is 34.7 Å². The highest BCUT2D eigenvalue weighted by Crippen LogP contribution is 2.21. The van der Waals surface area contributed by atoms with Crippen LogP contribution in [0.5, 0.6) is 0 Å². The zero-order chi connectivity index (χ0) is 18.6. The molecular formula is C20H26N4O3. The summed E-state index contributed by atoms with van der Waals surface area (Å²) in [6.45, 7) is 5.39. The Morgan fingerprint density at radius 2 is 2.15 bits per heavy atom. The number of nitrogens with one attached hydrogen (secondary N) is 1. The van der Waals surface area contributed by atoms with Crippen molar-refractivity contribution in [2.24, 2.45) is 0 Å². The highest BCUT2D eigenvalue weighted by molar-refractivity contribution is 5.89. The lowest BCUT2D eigenvalue weighted by Crippen LogP contribution is -2.45. The Morgan fingerprint density at radius 1 is 1.30 bits per heavy atom. The monoisotopic (exact) mass is 370 g/mol. The van der Waals surface area contributed by atoms with E-state index in [0.717, 1.165) is 44.1 Å². The lowest BCUT2D eigenvalue weighted by molar-refractivity contribution is -0.0176. The van der Waals surface area contributed by atoms with Crippen LogP contribution in [-0.4, -0.2) is 66.6 Å². The van der Waals surface area contributed by atoms with E-state index in [1.807, 2.05) is 6.07 Å². The first kappa shape index (κ1) is 18.2. The summed E-state index contributed by atoms with van der Waals surface area (Å²) >= 11 is 0. The van der Waals surface area contributed by atoms with Crippen LogP contribution < -0.4 is 5.32 Å². The Kier molecular flexibility index (Phi) is 5.52. The molecule has 7 nitrogen and oxygen atoms in total. The molecule has 2 aliphatic rings. The highest BCUT2D eigenvalue weighted by Gasteiger charge is 2.26. The SMILES string of the molecule is CN1CCO[C@H](CNC(=O)c2nc3c(o2)CCN(Cc2ccccc2)C3)C1. The van der Waals surface area contributed by atoms with Crippen molar-refractivity contribution in [3.63, 3.8) is 0 Å². The molecule has 1 aromatic heterocycles. The van der Waals surface area contributed by atoms with E-state index in [1.54, 1.807) is 0 Å². The predicted molar refractivity (Wildman–Crippen MR) is 100 cm³/mol. The van der Waals surface area contributed by atoms with Crippen LogP contribution in [0, 0.1) is 0 Å². The maximum absolute atomic E-state index is 12.4. The van der Waals surface area contributed by atoms with Gasteiger partial charge in [0.1, 0.15) is 5.76 Å². The van der Waals surface area contributed by atoms with Gasteiger partial charge in [0, 0.05) is 45.7 Å². The number of benzene rings is 1. The van der Waals surface area contributed by atoms with E-state index in [4.69, 9.17) is 9.15 Å². The molecule has 2 aromatic rings. The number of aromatic nitrogens is 1. The van der Waals surface area contributed by atoms with Gasteiger partial charge in [-0.1, -0.05) is 30.3 Å². The standard InChI is InChI=1S/C20H26N4O3/c1-23-9-10-26-16(13-23)11-21-19(25)20-22-17-14-24(8-7-18(17)27-20)12-15-5-3-2-4-6-15/h2-6,16H,7-14H2,1H3,(H,21,25)/t16-/m1/s1. The number of likely N-dealkylation sites (N-methyl/N-ethyl adjacent to an activating group) is 1. The molecule has 0 aliphatic carbocycles. The van der Waals surface area contributed by atoms with Gasteiger partial charge in [-0.3, -0.25) is 9.69 Å². The van der Waals surface area contributed by atoms with E-state index in [2.05, 4.69) is 51.4 Å². The molecule has 0 bridgehead atoms. The number of hydrogen-bond donors (Lipinski definition) is 1. The Bertz CT molecular complexity index is 777. The summed E-state index contributed by atoms with van der Waals surface area (Å²) in [5.74, 6) is 0.722. The third-order valence-electron chi connectivity index (χ3n) is 5.08. The second-order valence-electron chi connectivity index (χ2n) is 7.30. The molecule has 1 saturated heterocycles. The molecule has 1 fully saturated rings. The molecule has 27 heavy (non-hydrogen) atoms. The largest absolute Gasteiger partial charge is 0.437 e. The van der Waals surface area contributed by atoms with Gasteiger partial charge in [0.2, 0.25) is 0 Å². The Morgan fingerprint density at radius 3 is 2.96 bits per heavy atom. The number of rotatable bonds is 5. The number of fused-ring (bicyclic) bond motifs is 1. The van der Waals surface area contributed by atoms with Crippen LogP contribution >= 0.6 is 0 Å². The van der Waals surface area contributed by atoms with Crippen molar-refractivity contribution in [2.75, 3.05) is 39.8 Å². The topological polar surface area (TPSA) is 70.8 Å². The average Bonchev–Trinajstić information content (AvgIpc) is 3.10. The van der Waals surface area contributed by atoms with Crippen LogP contribution in [0.2, 0.25) is 0 Å². The van der Waals surface area contributed by atoms with Crippen LogP contribution in [0.1, 0.15) is 27.7 Å². The lowest BCUT2D eigenvalue weighted by atomic mass is 10.1. The van der Waals surface area contributed by atoms with Crippen molar-refractivity contribution in [2.45, 2.75) is 25.6 Å². The number of carbonyl (C=O) groups is 1. The minimum absolute atomic E-state index is 0.0126. The predicted octanol–water partition coefficient (Wildman–Crippen LogP) is 1.29. The van der Waals surface area contributed by atoms with Gasteiger partial charge < -0.3 is 19.4 Å². The van der Waals surface area contributed by atoms with Gasteiger partial charge in [-0.2, -0.15) is 0 Å². The second-order valence-corrected chi connectivity index (χ2v) is 7.30. The molecule has 1 N–H and O–H groups in total. The van der Waals surface area contributed by atoms with E-state index in [9.17, 15) is 4.79 Å². The summed E-state index contributed by atoms with van der Waals surface area (Å²) in [6.07, 6.45) is 0.789. The normalized spacial score (nSPS) is 21.0. The van der Waals surface area contributed by atoms with E-state index >= 15 is 0 Å². The first-order valence-corrected chi connectivity index (χ1v) is 9.50. The summed E-state index contributed by atoms with van der Waals surface area (Å²) < 4.78 is 11.4. The van der Waals surface area contributed by atoms with E-state index in [-0.39, 0.29) is 17.9 Å². The molecule has 0 saturated carbocycles. The van der Waals surface area contributed by atoms with Crippen molar-refractivity contribution >= 4 is 5.91 Å². The summed E-state index contributed by atoms with van der Waals surface area (Å²) in [5.41, 5.74) is 2.15. The molecule has 0 spiro atoms. The number of carbonyl (C=O) groups excluding carboxylic acids is 1. The van der Waals surface area contributed by atoms with Crippen LogP contribution in [0.3, 0.4) is 0 Å². The molecule has 7 heteroatoms. The molecule has 3 heterocycles. The molecule has 144 valence electrons. The van der Waals surface area contributed by atoms with Gasteiger partial charge in [-0.25, -0.2) is 4.98 Å². The molecular weight excluding hydrogens is 344 g/mol. The number of morpholine rings is 1. The molecule has 1 aromatic carbocycles. The first-order valence-electron chi connectivity index (χ1n) is 9.50. The van der Waals surface area contributed by atoms with E-state index < -0.39 is 0 Å². The second kappa shape index (κ2) is 8.21. The van der Waals surface area contributed by atoms with Gasteiger partial charge in [0.05, 0.1) is 18.4 Å². The fourth-order valence-electron chi connectivity index (χ4n) is 3.60. The van der Waals surface area contributed by atoms with Crippen LogP contribution in [-0.2, 0) is 24.2 Å². The summed E-state index contributed by atoms with van der Waals surface area (Å²) in [7, 11) is 2.06. The quantitative estimate of drug-likeness (QED) is 0.855. The zero-order valence-electron chi connectivity index (χ0n) is 15.7. The zero-order valence-corrected chi connectivity index (χ0v) is 15.7. The molecule has 4 rings (SSSR count). The third kappa shape index (κ3) is 4.55. The fourth-order valence-corrected chi connectivity index (χ4v) is 3.60. The maximum atomic E-state index is 12.4. The van der Waals surface area contributed by atoms with Crippen molar-refractivity contribution in [3.8, 4) is 0 Å². The molecule has 1 atom stereocenters. The third-order valence-corrected chi connectivity index (χ3v) is 5.08. The lowest BCUT2D eigenvalue weighted by Gasteiger charge is -2.29. The van der Waals surface area contributed by atoms with Crippen LogP contribution in [0.25, 0.3) is 0 Å². The number of nitrogens with zero attached hydrogens (tertiary/aromatic N) is 3. The average molecular weight is 370 g/mol. The highest BCUT2D eigenvalue weighted by atomic mass is 16.5. The number of oxazole rings is 1. The smallest absolute Gasteiger partial charge is 0.307 e. The molecule has 0 unspecified atom stereocenters. The Balaban J connectivity index is 1.33. The summed E-state index contributed by atoms with van der Waals surface area (Å²) in [6, 6.07) is 10.4. The van der Waals surface area contributed by atoms with Gasteiger partial charge in [0.15, 0.2) is 0 Å². The minimum atomic E-state index is -0.268. The maximum Gasteiger partial charge on any atom is 0.307 e. The van der Waals surface area contributed by atoms with Crippen molar-refractivity contribution in [3.05, 3.63) is 53.2 Å². The Labute approximate surface area is 159 Å². The van der Waals surface area contributed by atoms with Gasteiger partial charge in [0.25, 0.3) is 5.89 Å². The molecule has 1 amide bonds. The van der Waals surface area contributed by atoms with E-state index in [0.29, 0.717) is 19.7 Å². The molecule has 2 aliphatic heterocycles. The number of amides is 1. The Hall–Kier alpha value is -2.22. The first-order chi connectivity index (χ1) is 13.2.